The number of benzene rings is 1. The zero-order valence-electron chi connectivity index (χ0n) is 16.2. The van der Waals surface area contributed by atoms with Crippen LogP contribution in [0.1, 0.15) is 32.0 Å². The molecule has 0 aliphatic carbocycles. The highest BCUT2D eigenvalue weighted by Crippen LogP contribution is 2.31. The van der Waals surface area contributed by atoms with E-state index in [9.17, 15) is 14.0 Å². The van der Waals surface area contributed by atoms with Crippen molar-refractivity contribution in [3.8, 4) is 11.4 Å². The Morgan fingerprint density at radius 2 is 1.96 bits per heavy atom. The Bertz CT molecular complexity index is 981. The summed E-state index contributed by atoms with van der Waals surface area (Å²) in [5.41, 5.74) is 0.994. The molecule has 8 heteroatoms. The van der Waals surface area contributed by atoms with Crippen molar-refractivity contribution in [2.75, 3.05) is 13.7 Å². The number of aromatic nitrogens is 1. The second-order valence-corrected chi connectivity index (χ2v) is 8.42. The summed E-state index contributed by atoms with van der Waals surface area (Å²) in [6.07, 6.45) is 0.0362. The molecule has 0 radical (unpaired) electrons. The number of halogens is 2. The number of rotatable bonds is 2. The third-order valence-corrected chi connectivity index (χ3v) is 4.99. The van der Waals surface area contributed by atoms with E-state index in [1.165, 1.54) is 29.9 Å². The minimum Gasteiger partial charge on any atom is -0.495 e. The van der Waals surface area contributed by atoms with Gasteiger partial charge in [-0.05, 0) is 54.4 Å². The highest BCUT2D eigenvalue weighted by molar-refractivity contribution is 9.10. The zero-order chi connectivity index (χ0) is 20.6. The Kier molecular flexibility index (Phi) is 5.52. The van der Waals surface area contributed by atoms with Crippen molar-refractivity contribution in [2.24, 2.45) is 0 Å². The van der Waals surface area contributed by atoms with Crippen LogP contribution in [0.15, 0.2) is 33.5 Å². The molecule has 1 aliphatic rings. The van der Waals surface area contributed by atoms with Gasteiger partial charge in [-0.3, -0.25) is 9.36 Å². The van der Waals surface area contributed by atoms with Crippen molar-refractivity contribution >= 4 is 22.0 Å². The molecular formula is C20H22BrFN2O4. The number of carbonyl (C=O) groups excluding carboxylic acids is 1. The van der Waals surface area contributed by atoms with Crippen molar-refractivity contribution < 1.29 is 18.7 Å². The Morgan fingerprint density at radius 1 is 1.25 bits per heavy atom. The van der Waals surface area contributed by atoms with Gasteiger partial charge in [0.15, 0.2) is 0 Å². The lowest BCUT2D eigenvalue weighted by atomic mass is 10.0. The molecule has 0 unspecified atom stereocenters. The molecule has 0 atom stereocenters. The highest BCUT2D eigenvalue weighted by atomic mass is 79.9. The number of hydrogen-bond acceptors (Lipinski definition) is 4. The molecular weight excluding hydrogens is 431 g/mol. The summed E-state index contributed by atoms with van der Waals surface area (Å²) in [4.78, 5) is 26.6. The largest absolute Gasteiger partial charge is 0.495 e. The average Bonchev–Trinajstić information content (AvgIpc) is 2.62. The van der Waals surface area contributed by atoms with Gasteiger partial charge in [-0.2, -0.15) is 0 Å². The molecule has 1 aromatic heterocycles. The molecule has 0 bridgehead atoms. The zero-order valence-corrected chi connectivity index (χ0v) is 17.8. The quantitative estimate of drug-likeness (QED) is 0.689. The molecule has 0 fully saturated rings. The van der Waals surface area contributed by atoms with E-state index in [1.54, 1.807) is 11.0 Å². The van der Waals surface area contributed by atoms with Crippen LogP contribution in [0.2, 0.25) is 0 Å². The Balaban J connectivity index is 2.03. The maximum atomic E-state index is 14.2. The van der Waals surface area contributed by atoms with E-state index in [2.05, 4.69) is 15.9 Å². The van der Waals surface area contributed by atoms with Crippen LogP contribution < -0.4 is 10.3 Å². The third-order valence-electron chi connectivity index (χ3n) is 4.38. The van der Waals surface area contributed by atoms with Gasteiger partial charge in [0.25, 0.3) is 5.56 Å². The van der Waals surface area contributed by atoms with Gasteiger partial charge in [0, 0.05) is 30.8 Å². The summed E-state index contributed by atoms with van der Waals surface area (Å²) in [6.45, 7) is 6.15. The van der Waals surface area contributed by atoms with Crippen LogP contribution in [-0.2, 0) is 17.7 Å². The number of amides is 1. The van der Waals surface area contributed by atoms with Crippen molar-refractivity contribution in [3.05, 3.63) is 56.2 Å². The average molecular weight is 453 g/mol. The molecule has 3 rings (SSSR count). The minimum absolute atomic E-state index is 0.252. The van der Waals surface area contributed by atoms with E-state index in [-0.39, 0.29) is 10.0 Å². The van der Waals surface area contributed by atoms with E-state index in [0.29, 0.717) is 30.9 Å². The number of nitrogens with zero attached hydrogens (tertiary/aromatic N) is 2. The van der Waals surface area contributed by atoms with Crippen LogP contribution in [0.5, 0.6) is 5.75 Å². The van der Waals surface area contributed by atoms with Gasteiger partial charge in [-0.1, -0.05) is 0 Å². The van der Waals surface area contributed by atoms with Gasteiger partial charge >= 0.3 is 6.09 Å². The summed E-state index contributed by atoms with van der Waals surface area (Å²) < 4.78 is 26.7. The van der Waals surface area contributed by atoms with E-state index in [4.69, 9.17) is 9.47 Å². The first-order valence-electron chi connectivity index (χ1n) is 8.86. The maximum Gasteiger partial charge on any atom is 0.410 e. The van der Waals surface area contributed by atoms with E-state index >= 15 is 0 Å². The molecule has 1 aromatic carbocycles. The Hall–Kier alpha value is -2.35. The fourth-order valence-electron chi connectivity index (χ4n) is 3.16. The van der Waals surface area contributed by atoms with Gasteiger partial charge in [0.2, 0.25) is 0 Å². The van der Waals surface area contributed by atoms with Crippen LogP contribution in [0, 0.1) is 5.82 Å². The first-order chi connectivity index (χ1) is 13.1. The first kappa shape index (κ1) is 20.4. The Labute approximate surface area is 171 Å². The first-order valence-corrected chi connectivity index (χ1v) is 9.65. The summed E-state index contributed by atoms with van der Waals surface area (Å²) in [5, 5.41) is 0. The molecule has 1 aliphatic heterocycles. The minimum atomic E-state index is -0.585. The summed E-state index contributed by atoms with van der Waals surface area (Å²) in [7, 11) is 1.47. The monoisotopic (exact) mass is 452 g/mol. The number of methoxy groups -OCH3 is 1. The fraction of sp³-hybridized carbons (Fsp3) is 0.400. The lowest BCUT2D eigenvalue weighted by Gasteiger charge is -2.32. The maximum absolute atomic E-state index is 14.2. The van der Waals surface area contributed by atoms with Gasteiger partial charge in [0.05, 0.1) is 23.8 Å². The lowest BCUT2D eigenvalue weighted by Crippen LogP contribution is -2.41. The molecule has 0 N–H and O–H groups in total. The normalized spacial score (nSPS) is 13.9. The fourth-order valence-corrected chi connectivity index (χ4v) is 3.49. The van der Waals surface area contributed by atoms with E-state index in [1.807, 2.05) is 20.8 Å². The van der Waals surface area contributed by atoms with Crippen LogP contribution in [0.3, 0.4) is 0 Å². The number of pyridine rings is 1. The number of carbonyl (C=O) groups is 1. The summed E-state index contributed by atoms with van der Waals surface area (Å²) in [5.74, 6) is -0.121. The molecule has 0 spiro atoms. The molecule has 0 saturated heterocycles. The number of ether oxygens (including phenoxy) is 2. The van der Waals surface area contributed by atoms with E-state index < -0.39 is 17.5 Å². The molecule has 150 valence electrons. The van der Waals surface area contributed by atoms with Crippen molar-refractivity contribution in [2.45, 2.75) is 39.3 Å². The van der Waals surface area contributed by atoms with Gasteiger partial charge in [-0.25, -0.2) is 9.18 Å². The lowest BCUT2D eigenvalue weighted by molar-refractivity contribution is 0.0222. The Morgan fingerprint density at radius 3 is 2.61 bits per heavy atom. The number of hydrogen-bond donors (Lipinski definition) is 0. The standard InChI is InChI=1S/C20H22BrFN2O4/c1-20(2,3)28-19(26)23-8-7-15-12(11-23)5-6-18(25)24(15)16-10-14(22)13(21)9-17(16)27-4/h5-6,9-10H,7-8,11H2,1-4H3. The van der Waals surface area contributed by atoms with Crippen LogP contribution in [-0.4, -0.2) is 34.8 Å². The third kappa shape index (κ3) is 4.06. The smallest absolute Gasteiger partial charge is 0.410 e. The molecule has 2 aromatic rings. The highest BCUT2D eigenvalue weighted by Gasteiger charge is 2.28. The van der Waals surface area contributed by atoms with Crippen LogP contribution >= 0.6 is 15.9 Å². The van der Waals surface area contributed by atoms with Crippen molar-refractivity contribution in [1.82, 2.24) is 9.47 Å². The van der Waals surface area contributed by atoms with E-state index in [0.717, 1.165) is 11.3 Å². The molecule has 6 nitrogen and oxygen atoms in total. The second-order valence-electron chi connectivity index (χ2n) is 7.57. The molecule has 0 saturated carbocycles. The van der Waals surface area contributed by atoms with Crippen LogP contribution in [0.25, 0.3) is 5.69 Å². The topological polar surface area (TPSA) is 60.8 Å². The van der Waals surface area contributed by atoms with Gasteiger partial charge in [0.1, 0.15) is 17.2 Å². The predicted octanol–water partition coefficient (Wildman–Crippen LogP) is 4.04. The number of fused-ring (bicyclic) bond motifs is 1. The molecule has 1 amide bonds. The summed E-state index contributed by atoms with van der Waals surface area (Å²) >= 11 is 3.13. The molecule has 2 heterocycles. The SMILES string of the molecule is COc1cc(Br)c(F)cc1-n1c2c(ccc1=O)CN(C(=O)OC(C)(C)C)CC2. The van der Waals surface area contributed by atoms with Crippen molar-refractivity contribution in [1.29, 1.82) is 0 Å². The van der Waals surface area contributed by atoms with Gasteiger partial charge < -0.3 is 14.4 Å². The summed E-state index contributed by atoms with van der Waals surface area (Å²) in [6, 6.07) is 5.88. The predicted molar refractivity (Wildman–Crippen MR) is 107 cm³/mol. The molecule has 28 heavy (non-hydrogen) atoms. The van der Waals surface area contributed by atoms with Gasteiger partial charge in [-0.15, -0.1) is 0 Å². The second kappa shape index (κ2) is 7.58. The van der Waals surface area contributed by atoms with Crippen LogP contribution in [0.4, 0.5) is 9.18 Å². The van der Waals surface area contributed by atoms with Crippen molar-refractivity contribution in [3.63, 3.8) is 0 Å².